The molecule has 1 aliphatic rings. The molecule has 0 saturated heterocycles. The van der Waals surface area contributed by atoms with Gasteiger partial charge in [0.25, 0.3) is 0 Å². The molecule has 0 saturated carbocycles. The molecule has 0 bridgehead atoms. The molecule has 30 heavy (non-hydrogen) atoms. The number of phenolic OH excluding ortho intramolecular Hbond substituents is 2. The van der Waals surface area contributed by atoms with Gasteiger partial charge >= 0.3 is 0 Å². The van der Waals surface area contributed by atoms with E-state index in [9.17, 15) is 10.2 Å². The van der Waals surface area contributed by atoms with Crippen LogP contribution in [-0.2, 0) is 12.8 Å². The van der Waals surface area contributed by atoms with E-state index in [1.54, 1.807) is 12.1 Å². The van der Waals surface area contributed by atoms with Crippen molar-refractivity contribution in [2.45, 2.75) is 31.7 Å². The summed E-state index contributed by atoms with van der Waals surface area (Å²) in [5.41, 5.74) is 4.44. The van der Waals surface area contributed by atoms with Crippen molar-refractivity contribution in [3.8, 4) is 11.5 Å². The van der Waals surface area contributed by atoms with Gasteiger partial charge in [-0.15, -0.1) is 0 Å². The molecule has 0 amide bonds. The zero-order valence-electron chi connectivity index (χ0n) is 16.6. The summed E-state index contributed by atoms with van der Waals surface area (Å²) in [5.74, 6) is -0.162. The molecule has 154 valence electrons. The first-order chi connectivity index (χ1) is 14.5. The molecule has 1 atom stereocenters. The number of fused-ring (bicyclic) bond motifs is 1. The molecule has 0 spiro atoms. The van der Waals surface area contributed by atoms with Gasteiger partial charge in [0.1, 0.15) is 0 Å². The van der Waals surface area contributed by atoms with E-state index in [1.165, 1.54) is 5.56 Å². The summed E-state index contributed by atoms with van der Waals surface area (Å²) in [7, 11) is 0. The Morgan fingerprint density at radius 3 is 2.43 bits per heavy atom. The van der Waals surface area contributed by atoms with Gasteiger partial charge in [0.15, 0.2) is 11.5 Å². The monoisotopic (exact) mass is 437 g/mol. The number of halogens is 1. The van der Waals surface area contributed by atoms with Crippen molar-refractivity contribution < 1.29 is 10.2 Å². The second-order valence-corrected chi connectivity index (χ2v) is 8.58. The predicted octanol–water partition coefficient (Wildman–Crippen LogP) is 6.05. The summed E-state index contributed by atoms with van der Waals surface area (Å²) in [6.45, 7) is 0.788. The third-order valence-electron chi connectivity index (χ3n) is 5.67. The molecule has 0 aliphatic carbocycles. The fourth-order valence-corrected chi connectivity index (χ4v) is 4.61. The van der Waals surface area contributed by atoms with Crippen LogP contribution in [0, 0.1) is 0 Å². The van der Waals surface area contributed by atoms with Crippen LogP contribution >= 0.6 is 23.8 Å². The van der Waals surface area contributed by atoms with E-state index in [0.29, 0.717) is 0 Å². The van der Waals surface area contributed by atoms with Crippen molar-refractivity contribution in [2.75, 3.05) is 6.54 Å². The van der Waals surface area contributed by atoms with Gasteiger partial charge in [-0.25, -0.2) is 0 Å². The highest BCUT2D eigenvalue weighted by Crippen LogP contribution is 2.40. The lowest BCUT2D eigenvalue weighted by atomic mass is 9.87. The van der Waals surface area contributed by atoms with E-state index in [1.807, 2.05) is 30.3 Å². The first-order valence-corrected chi connectivity index (χ1v) is 10.9. The standard InChI is InChI=1S/C25H24ClNO2S/c26-20-11-9-17(10-12-20)5-4-8-24(30)27-14-13-19-15-22(28)23(29)16-21(19)25(27)18-6-2-1-3-7-18/h1-3,6-7,9-12,15-16,25,28-29H,4-5,8,13-14H2. The maximum atomic E-state index is 10.1. The highest BCUT2D eigenvalue weighted by atomic mass is 35.5. The second-order valence-electron chi connectivity index (χ2n) is 7.67. The summed E-state index contributed by atoms with van der Waals surface area (Å²) < 4.78 is 0. The minimum atomic E-state index is -0.0924. The van der Waals surface area contributed by atoms with Crippen molar-refractivity contribution >= 4 is 28.8 Å². The van der Waals surface area contributed by atoms with E-state index in [0.717, 1.165) is 58.9 Å². The molecular weight excluding hydrogens is 414 g/mol. The van der Waals surface area contributed by atoms with E-state index in [2.05, 4.69) is 29.2 Å². The number of phenols is 2. The van der Waals surface area contributed by atoms with E-state index in [4.69, 9.17) is 23.8 Å². The molecule has 3 aromatic carbocycles. The van der Waals surface area contributed by atoms with Crippen LogP contribution in [-0.4, -0.2) is 26.6 Å². The van der Waals surface area contributed by atoms with Gasteiger partial charge in [-0.2, -0.15) is 0 Å². The van der Waals surface area contributed by atoms with Crippen LogP contribution in [0.2, 0.25) is 5.02 Å². The Balaban J connectivity index is 1.55. The highest BCUT2D eigenvalue weighted by molar-refractivity contribution is 7.80. The van der Waals surface area contributed by atoms with Gasteiger partial charge in [0, 0.05) is 11.6 Å². The van der Waals surface area contributed by atoms with Gasteiger partial charge < -0.3 is 15.1 Å². The van der Waals surface area contributed by atoms with Gasteiger partial charge in [-0.3, -0.25) is 0 Å². The van der Waals surface area contributed by atoms with Gasteiger partial charge in [-0.05, 0) is 72.2 Å². The minimum absolute atomic E-state index is 0.0653. The molecule has 4 rings (SSSR count). The number of hydrogen-bond acceptors (Lipinski definition) is 3. The van der Waals surface area contributed by atoms with Crippen LogP contribution < -0.4 is 0 Å². The van der Waals surface area contributed by atoms with Crippen LogP contribution in [0.1, 0.15) is 41.1 Å². The van der Waals surface area contributed by atoms with Crippen molar-refractivity contribution in [2.24, 2.45) is 0 Å². The lowest BCUT2D eigenvalue weighted by Gasteiger charge is -2.39. The predicted molar refractivity (Wildman–Crippen MR) is 125 cm³/mol. The summed E-state index contributed by atoms with van der Waals surface area (Å²) in [6.07, 6.45) is 3.52. The topological polar surface area (TPSA) is 43.7 Å². The summed E-state index contributed by atoms with van der Waals surface area (Å²) in [6, 6.07) is 21.5. The van der Waals surface area contributed by atoms with Crippen molar-refractivity contribution in [3.63, 3.8) is 0 Å². The normalized spacial score (nSPS) is 15.6. The van der Waals surface area contributed by atoms with E-state index in [-0.39, 0.29) is 17.5 Å². The van der Waals surface area contributed by atoms with Gasteiger partial charge in [0.05, 0.1) is 11.0 Å². The smallest absolute Gasteiger partial charge is 0.157 e. The number of aryl methyl sites for hydroxylation is 1. The van der Waals surface area contributed by atoms with Gasteiger partial charge in [0.2, 0.25) is 0 Å². The van der Waals surface area contributed by atoms with Crippen LogP contribution in [0.3, 0.4) is 0 Å². The number of nitrogens with zero attached hydrogens (tertiary/aromatic N) is 1. The molecule has 2 N–H and O–H groups in total. The number of hydrogen-bond donors (Lipinski definition) is 2. The third-order valence-corrected chi connectivity index (χ3v) is 6.36. The summed E-state index contributed by atoms with van der Waals surface area (Å²) in [4.78, 5) is 3.20. The Kier molecular flexibility index (Phi) is 6.26. The van der Waals surface area contributed by atoms with Crippen molar-refractivity contribution in [3.05, 3.63) is 94.0 Å². The summed E-state index contributed by atoms with van der Waals surface area (Å²) in [5, 5.41) is 20.8. The maximum absolute atomic E-state index is 10.1. The highest BCUT2D eigenvalue weighted by Gasteiger charge is 2.31. The van der Waals surface area contributed by atoms with E-state index < -0.39 is 0 Å². The van der Waals surface area contributed by atoms with E-state index >= 15 is 0 Å². The molecular formula is C25H24ClNO2S. The Labute approximate surface area is 187 Å². The Bertz CT molecular complexity index is 1040. The zero-order chi connectivity index (χ0) is 21.1. The molecule has 5 heteroatoms. The fourth-order valence-electron chi connectivity index (χ4n) is 4.15. The second kappa shape index (κ2) is 9.07. The first kappa shape index (κ1) is 20.7. The van der Waals surface area contributed by atoms with Crippen molar-refractivity contribution in [1.29, 1.82) is 0 Å². The zero-order valence-corrected chi connectivity index (χ0v) is 18.2. The molecule has 0 radical (unpaired) electrons. The molecule has 1 heterocycles. The molecule has 3 aromatic rings. The number of benzene rings is 3. The van der Waals surface area contributed by atoms with Crippen LogP contribution in [0.5, 0.6) is 11.5 Å². The van der Waals surface area contributed by atoms with Crippen LogP contribution in [0.4, 0.5) is 0 Å². The van der Waals surface area contributed by atoms with Crippen molar-refractivity contribution in [1.82, 2.24) is 4.90 Å². The average Bonchev–Trinajstić information content (AvgIpc) is 2.76. The maximum Gasteiger partial charge on any atom is 0.157 e. The average molecular weight is 438 g/mol. The Hall–Kier alpha value is -2.56. The van der Waals surface area contributed by atoms with Crippen LogP contribution in [0.15, 0.2) is 66.7 Å². The molecule has 0 aromatic heterocycles. The lowest BCUT2D eigenvalue weighted by molar-refractivity contribution is 0.332. The van der Waals surface area contributed by atoms with Gasteiger partial charge in [-0.1, -0.05) is 66.3 Å². The van der Waals surface area contributed by atoms with Crippen LogP contribution in [0.25, 0.3) is 0 Å². The Morgan fingerprint density at radius 1 is 1.00 bits per heavy atom. The SMILES string of the molecule is Oc1cc2c(cc1O)C(c1ccccc1)N(C(=S)CCCc1ccc(Cl)cc1)CC2. The first-order valence-electron chi connectivity index (χ1n) is 10.2. The fraction of sp³-hybridized carbons (Fsp3) is 0.240. The lowest BCUT2D eigenvalue weighted by Crippen LogP contribution is -2.39. The largest absolute Gasteiger partial charge is 0.504 e. The molecule has 3 nitrogen and oxygen atoms in total. The molecule has 0 fully saturated rings. The Morgan fingerprint density at radius 2 is 1.70 bits per heavy atom. The molecule has 1 unspecified atom stereocenters. The number of aromatic hydroxyl groups is 2. The minimum Gasteiger partial charge on any atom is -0.504 e. The third kappa shape index (κ3) is 4.45. The quantitative estimate of drug-likeness (QED) is 0.376. The summed E-state index contributed by atoms with van der Waals surface area (Å²) >= 11 is 11.8. The molecule has 1 aliphatic heterocycles. The number of thiocarbonyl (C=S) groups is 1. The number of rotatable bonds is 5.